The lowest BCUT2D eigenvalue weighted by Gasteiger charge is -2.28. The zero-order valence-electron chi connectivity index (χ0n) is 12.0. The van der Waals surface area contributed by atoms with Gasteiger partial charge in [-0.25, -0.2) is 13.6 Å². The summed E-state index contributed by atoms with van der Waals surface area (Å²) in [7, 11) is 0. The van der Waals surface area contributed by atoms with E-state index in [9.17, 15) is 23.5 Å². The number of rotatable bonds is 5. The van der Waals surface area contributed by atoms with Crippen LogP contribution in [0.3, 0.4) is 0 Å². The number of hydrogen-bond donors (Lipinski definition) is 2. The summed E-state index contributed by atoms with van der Waals surface area (Å²) in [4.78, 5) is 24.5. The number of carboxylic acids is 1. The molecular weight excluding hydrogens is 284 g/mol. The molecule has 0 saturated carbocycles. The summed E-state index contributed by atoms with van der Waals surface area (Å²) in [6, 6.07) is 1.04. The second-order valence-electron chi connectivity index (χ2n) is 5.25. The molecule has 1 aromatic carbocycles. The Morgan fingerprint density at radius 2 is 1.67 bits per heavy atom. The normalized spacial score (nSPS) is 11.3. The molecule has 5 nitrogen and oxygen atoms in total. The van der Waals surface area contributed by atoms with Gasteiger partial charge in [-0.1, -0.05) is 0 Å². The summed E-state index contributed by atoms with van der Waals surface area (Å²) < 4.78 is 26.4. The molecule has 0 aromatic heterocycles. The van der Waals surface area contributed by atoms with Gasteiger partial charge in [0.2, 0.25) is 0 Å². The number of carbonyl (C=O) groups excluding carboxylic acids is 1. The third-order valence-corrected chi connectivity index (χ3v) is 2.77. The predicted octanol–water partition coefficient (Wildman–Crippen LogP) is 1.90. The zero-order chi connectivity index (χ0) is 16.4. The van der Waals surface area contributed by atoms with Crippen molar-refractivity contribution in [1.82, 2.24) is 4.90 Å². The molecule has 0 aliphatic carbocycles. The number of likely N-dealkylation sites (N-methyl/N-ethyl adjacent to an activating group) is 1. The molecule has 116 valence electrons. The van der Waals surface area contributed by atoms with E-state index in [0.717, 1.165) is 0 Å². The number of nitrogens with zero attached hydrogens (tertiary/aromatic N) is 1. The minimum absolute atomic E-state index is 0.0691. The number of hydrogen-bond acceptors (Lipinski definition) is 3. The Morgan fingerprint density at radius 1 is 1.19 bits per heavy atom. The van der Waals surface area contributed by atoms with Gasteiger partial charge in [0, 0.05) is 13.1 Å². The van der Waals surface area contributed by atoms with E-state index < -0.39 is 40.2 Å². The van der Waals surface area contributed by atoms with E-state index in [2.05, 4.69) is 0 Å². The van der Waals surface area contributed by atoms with Crippen molar-refractivity contribution in [2.75, 3.05) is 13.1 Å². The third kappa shape index (κ3) is 4.22. The van der Waals surface area contributed by atoms with Crippen molar-refractivity contribution >= 4 is 11.9 Å². The minimum Gasteiger partial charge on any atom is -0.478 e. The maximum absolute atomic E-state index is 13.3. The van der Waals surface area contributed by atoms with Gasteiger partial charge in [0.05, 0.1) is 16.7 Å². The van der Waals surface area contributed by atoms with Gasteiger partial charge < -0.3 is 15.1 Å². The molecule has 21 heavy (non-hydrogen) atoms. The van der Waals surface area contributed by atoms with Gasteiger partial charge in [0.15, 0.2) is 11.6 Å². The van der Waals surface area contributed by atoms with Gasteiger partial charge in [-0.3, -0.25) is 4.79 Å². The summed E-state index contributed by atoms with van der Waals surface area (Å²) in [5.74, 6) is -4.95. The minimum atomic E-state index is -1.53. The topological polar surface area (TPSA) is 77.8 Å². The number of carboxylic acid groups (broad SMARTS) is 1. The number of carbonyl (C=O) groups is 2. The molecule has 0 radical (unpaired) electrons. The van der Waals surface area contributed by atoms with E-state index in [1.807, 2.05) is 0 Å². The van der Waals surface area contributed by atoms with Crippen LogP contribution >= 0.6 is 0 Å². The van der Waals surface area contributed by atoms with Crippen LogP contribution in [0.2, 0.25) is 0 Å². The highest BCUT2D eigenvalue weighted by molar-refractivity contribution is 6.04. The first kappa shape index (κ1) is 17.0. The van der Waals surface area contributed by atoms with Crippen LogP contribution in [0.1, 0.15) is 41.5 Å². The van der Waals surface area contributed by atoms with Crippen molar-refractivity contribution in [3.63, 3.8) is 0 Å². The Balaban J connectivity index is 3.27. The van der Waals surface area contributed by atoms with Gasteiger partial charge in [-0.2, -0.15) is 0 Å². The number of aromatic carboxylic acids is 1. The molecule has 0 spiro atoms. The quantitative estimate of drug-likeness (QED) is 0.870. The van der Waals surface area contributed by atoms with E-state index in [1.54, 1.807) is 6.92 Å². The van der Waals surface area contributed by atoms with E-state index >= 15 is 0 Å². The molecule has 0 aliphatic heterocycles. The van der Waals surface area contributed by atoms with Crippen LogP contribution in [0.25, 0.3) is 0 Å². The Morgan fingerprint density at radius 3 is 2.05 bits per heavy atom. The van der Waals surface area contributed by atoms with Gasteiger partial charge in [0.1, 0.15) is 0 Å². The summed E-state index contributed by atoms with van der Waals surface area (Å²) >= 11 is 0. The second kappa shape index (κ2) is 6.17. The smallest absolute Gasteiger partial charge is 0.336 e. The molecule has 0 fully saturated rings. The van der Waals surface area contributed by atoms with Crippen molar-refractivity contribution in [2.45, 2.75) is 26.4 Å². The van der Waals surface area contributed by atoms with Crippen molar-refractivity contribution in [3.05, 3.63) is 34.9 Å². The van der Waals surface area contributed by atoms with E-state index in [1.165, 1.54) is 18.7 Å². The Kier molecular flexibility index (Phi) is 5.01. The van der Waals surface area contributed by atoms with Gasteiger partial charge in [-0.15, -0.1) is 0 Å². The average molecular weight is 301 g/mol. The molecule has 1 amide bonds. The molecule has 0 aliphatic rings. The van der Waals surface area contributed by atoms with E-state index in [-0.39, 0.29) is 13.1 Å². The highest BCUT2D eigenvalue weighted by Crippen LogP contribution is 2.18. The molecule has 0 bridgehead atoms. The Bertz CT molecular complexity index is 567. The lowest BCUT2D eigenvalue weighted by Crippen LogP contribution is -2.42. The van der Waals surface area contributed by atoms with Crippen molar-refractivity contribution in [3.8, 4) is 0 Å². The zero-order valence-corrected chi connectivity index (χ0v) is 12.0. The molecule has 1 rings (SSSR count). The summed E-state index contributed by atoms with van der Waals surface area (Å²) in [5.41, 5.74) is -2.27. The van der Waals surface area contributed by atoms with Crippen molar-refractivity contribution in [2.24, 2.45) is 0 Å². The van der Waals surface area contributed by atoms with Gasteiger partial charge in [0.25, 0.3) is 5.91 Å². The molecule has 2 N–H and O–H groups in total. The van der Waals surface area contributed by atoms with Gasteiger partial charge in [-0.05, 0) is 32.9 Å². The fourth-order valence-corrected chi connectivity index (χ4v) is 1.87. The molecular formula is C14H17F2NO4. The largest absolute Gasteiger partial charge is 0.478 e. The van der Waals surface area contributed by atoms with Crippen molar-refractivity contribution in [1.29, 1.82) is 0 Å². The summed E-state index contributed by atoms with van der Waals surface area (Å²) in [6.45, 7) is 4.70. The van der Waals surface area contributed by atoms with Crippen LogP contribution < -0.4 is 0 Å². The third-order valence-electron chi connectivity index (χ3n) is 2.77. The SMILES string of the molecule is CCN(CC(C)(C)O)C(=O)c1cc(F)c(F)cc1C(=O)O. The van der Waals surface area contributed by atoms with Crippen LogP contribution in [0.15, 0.2) is 12.1 Å². The highest BCUT2D eigenvalue weighted by Gasteiger charge is 2.27. The monoisotopic (exact) mass is 301 g/mol. The first-order chi connectivity index (χ1) is 9.56. The second-order valence-corrected chi connectivity index (χ2v) is 5.25. The summed E-state index contributed by atoms with van der Waals surface area (Å²) in [6.07, 6.45) is 0. The van der Waals surface area contributed by atoms with Crippen LogP contribution in [0.4, 0.5) is 8.78 Å². The van der Waals surface area contributed by atoms with Crippen LogP contribution in [-0.4, -0.2) is 45.7 Å². The number of benzene rings is 1. The first-order valence-corrected chi connectivity index (χ1v) is 6.30. The molecule has 0 unspecified atom stereocenters. The van der Waals surface area contributed by atoms with Crippen molar-refractivity contribution < 1.29 is 28.6 Å². The molecule has 7 heteroatoms. The number of amides is 1. The van der Waals surface area contributed by atoms with Crippen LogP contribution in [0, 0.1) is 11.6 Å². The molecule has 0 saturated heterocycles. The predicted molar refractivity (Wildman–Crippen MR) is 71.2 cm³/mol. The fourth-order valence-electron chi connectivity index (χ4n) is 1.87. The van der Waals surface area contributed by atoms with E-state index in [0.29, 0.717) is 12.1 Å². The molecule has 0 atom stereocenters. The lowest BCUT2D eigenvalue weighted by atomic mass is 10.0. The average Bonchev–Trinajstić information content (AvgIpc) is 2.36. The lowest BCUT2D eigenvalue weighted by molar-refractivity contribution is 0.0313. The van der Waals surface area contributed by atoms with Crippen LogP contribution in [0.5, 0.6) is 0 Å². The molecule has 0 heterocycles. The number of aliphatic hydroxyl groups is 1. The molecule has 1 aromatic rings. The maximum Gasteiger partial charge on any atom is 0.336 e. The van der Waals surface area contributed by atoms with Crippen LogP contribution in [-0.2, 0) is 0 Å². The highest BCUT2D eigenvalue weighted by atomic mass is 19.2. The Hall–Kier alpha value is -2.02. The Labute approximate surface area is 120 Å². The first-order valence-electron chi connectivity index (χ1n) is 6.30. The fraction of sp³-hybridized carbons (Fsp3) is 0.429. The number of halogens is 2. The van der Waals surface area contributed by atoms with E-state index in [4.69, 9.17) is 5.11 Å². The standard InChI is InChI=1S/C14H17F2NO4/c1-4-17(7-14(2,3)21)12(18)8-5-10(15)11(16)6-9(8)13(19)20/h5-6,21H,4,7H2,1-3H3,(H,19,20). The maximum atomic E-state index is 13.3. The van der Waals surface area contributed by atoms with Gasteiger partial charge >= 0.3 is 5.97 Å². The summed E-state index contributed by atoms with van der Waals surface area (Å²) in [5, 5.41) is 18.8.